The zero-order valence-electron chi connectivity index (χ0n) is 50.3. The molecule has 1 aliphatic carbocycles. The number of ether oxygens (including phenoxy) is 13. The van der Waals surface area contributed by atoms with Crippen LogP contribution in [0, 0.1) is 23.3 Å². The molecule has 29 heteroatoms. The summed E-state index contributed by atoms with van der Waals surface area (Å²) in [4.78, 5) is 47.5. The van der Waals surface area contributed by atoms with Crippen molar-refractivity contribution in [2.24, 2.45) is 10.7 Å². The number of nitrogens with two attached hydrogens (primary N) is 1. The zero-order chi connectivity index (χ0) is 63.6. The number of fused-ring (bicyclic) bond motifs is 1. The third-order valence-corrected chi connectivity index (χ3v) is 14.4. The highest BCUT2D eigenvalue weighted by Gasteiger charge is 2.42. The van der Waals surface area contributed by atoms with Crippen molar-refractivity contribution in [2.75, 3.05) is 152 Å². The second kappa shape index (κ2) is 40.3. The van der Waals surface area contributed by atoms with Gasteiger partial charge < -0.3 is 82.1 Å². The smallest absolute Gasteiger partial charge is 0.313 e. The van der Waals surface area contributed by atoms with Gasteiger partial charge in [-0.15, -0.1) is 0 Å². The van der Waals surface area contributed by atoms with E-state index >= 15 is 0 Å². The molecule has 0 bridgehead atoms. The molecule has 3 unspecified atom stereocenters. The summed E-state index contributed by atoms with van der Waals surface area (Å²) < 4.78 is 147. The van der Waals surface area contributed by atoms with Crippen LogP contribution in [0.25, 0.3) is 17.2 Å². The van der Waals surface area contributed by atoms with Crippen molar-refractivity contribution in [2.45, 2.75) is 88.4 Å². The molecule has 1 aromatic heterocycles. The highest BCUT2D eigenvalue weighted by molar-refractivity contribution is 7.95. The Balaban J connectivity index is 0.661. The van der Waals surface area contributed by atoms with E-state index in [0.717, 1.165) is 42.4 Å². The van der Waals surface area contributed by atoms with Gasteiger partial charge in [0.15, 0.2) is 24.2 Å². The van der Waals surface area contributed by atoms with Gasteiger partial charge in [-0.3, -0.25) is 24.7 Å². The first kappa shape index (κ1) is 72.5. The average molecular weight is 1290 g/mol. The molecule has 5 N–H and O–H groups in total. The molecule has 24 nitrogen and oxygen atoms in total. The van der Waals surface area contributed by atoms with Gasteiger partial charge in [0.1, 0.15) is 20.5 Å². The number of benzene rings is 2. The number of hydrogen-bond acceptors (Lipinski definition) is 21. The van der Waals surface area contributed by atoms with Crippen LogP contribution >= 0.6 is 0 Å². The summed E-state index contributed by atoms with van der Waals surface area (Å²) in [7, 11) is -4.65. The number of carbonyl (C=O) groups is 3. The molecule has 3 aromatic rings. The number of epoxide rings is 1. The lowest BCUT2D eigenvalue weighted by Crippen LogP contribution is -2.36. The van der Waals surface area contributed by atoms with Gasteiger partial charge in [-0.1, -0.05) is 25.1 Å². The van der Waals surface area contributed by atoms with E-state index in [1.807, 2.05) is 41.3 Å². The normalized spacial score (nSPS) is 16.2. The van der Waals surface area contributed by atoms with Crippen molar-refractivity contribution >= 4 is 51.1 Å². The molecule has 3 atom stereocenters. The topological polar surface area (TPSA) is 290 Å². The Bertz CT molecular complexity index is 2810. The fourth-order valence-corrected chi connectivity index (χ4v) is 9.30. The van der Waals surface area contributed by atoms with E-state index in [-0.39, 0.29) is 83.4 Å². The number of nitrogens with one attached hydrogen (secondary N) is 2. The summed E-state index contributed by atoms with van der Waals surface area (Å²) >= 11 is 0. The molecule has 3 heterocycles. The lowest BCUT2D eigenvalue weighted by atomic mass is 9.96. The van der Waals surface area contributed by atoms with Crippen LogP contribution in [0.15, 0.2) is 52.0 Å². The Kier molecular flexibility index (Phi) is 32.8. The molecule has 2 fully saturated rings. The molecule has 2 aromatic carbocycles. The predicted octanol–water partition coefficient (Wildman–Crippen LogP) is 5.27. The number of esters is 1. The molecule has 0 radical (unpaired) electrons. The number of aromatic nitrogens is 1. The van der Waals surface area contributed by atoms with Gasteiger partial charge in [0, 0.05) is 48.8 Å². The number of pyridine rings is 1. The summed E-state index contributed by atoms with van der Waals surface area (Å²) in [5.41, 5.74) is 10.9. The minimum atomic E-state index is -4.65. The summed E-state index contributed by atoms with van der Waals surface area (Å²) in [6.45, 7) is 10.3. The van der Waals surface area contributed by atoms with Crippen LogP contribution < -0.4 is 21.1 Å². The molecule has 1 saturated heterocycles. The molecule has 2 aliphatic heterocycles. The molecule has 2 amide bonds. The monoisotopic (exact) mass is 1280 g/mol. The molecule has 89 heavy (non-hydrogen) atoms. The third-order valence-electron chi connectivity index (χ3n) is 13.4. The van der Waals surface area contributed by atoms with Crippen LogP contribution in [-0.4, -0.2) is 219 Å². The molecule has 0 spiro atoms. The zero-order valence-corrected chi connectivity index (χ0v) is 51.2. The van der Waals surface area contributed by atoms with Crippen molar-refractivity contribution in [1.82, 2.24) is 20.5 Å². The van der Waals surface area contributed by atoms with Crippen LogP contribution in [0.1, 0.15) is 69.5 Å². The Labute approximate surface area is 516 Å². The maximum absolute atomic E-state index is 14.1. The first-order valence-electron chi connectivity index (χ1n) is 29.8. The van der Waals surface area contributed by atoms with E-state index in [0.29, 0.717) is 141 Å². The van der Waals surface area contributed by atoms with Crippen molar-refractivity contribution in [3.05, 3.63) is 76.6 Å². The quantitative estimate of drug-likeness (QED) is 0.0107. The summed E-state index contributed by atoms with van der Waals surface area (Å²) in [6, 6.07) is 9.67. The Morgan fingerprint density at radius 3 is 1.72 bits per heavy atom. The number of rotatable bonds is 48. The van der Waals surface area contributed by atoms with Crippen LogP contribution in [-0.2, 0) is 87.6 Å². The third kappa shape index (κ3) is 26.6. The van der Waals surface area contributed by atoms with Crippen LogP contribution in [0.4, 0.5) is 23.2 Å². The van der Waals surface area contributed by atoms with Gasteiger partial charge >= 0.3 is 5.97 Å². The summed E-state index contributed by atoms with van der Waals surface area (Å²) in [5, 5.41) is 6.26. The van der Waals surface area contributed by atoms with Gasteiger partial charge in [0.2, 0.25) is 29.2 Å². The maximum atomic E-state index is 14.1. The summed E-state index contributed by atoms with van der Waals surface area (Å²) in [5.74, 6) is -8.94. The Morgan fingerprint density at radius 2 is 1.24 bits per heavy atom. The second-order valence-electron chi connectivity index (χ2n) is 20.4. The maximum Gasteiger partial charge on any atom is 0.313 e. The molecular weight excluding hydrogens is 1200 g/mol. The van der Waals surface area contributed by atoms with Crippen LogP contribution in [0.3, 0.4) is 0 Å². The minimum absolute atomic E-state index is 0.0399. The number of halogens is 4. The van der Waals surface area contributed by atoms with E-state index in [4.69, 9.17) is 62.6 Å². The first-order chi connectivity index (χ1) is 43.1. The lowest BCUT2D eigenvalue weighted by Gasteiger charge is -2.24. The predicted molar refractivity (Wildman–Crippen MR) is 318 cm³/mol. The second-order valence-corrected chi connectivity index (χ2v) is 22.1. The molecule has 1 saturated carbocycles. The van der Waals surface area contributed by atoms with Crippen LogP contribution in [0.5, 0.6) is 5.75 Å². The number of carbonyl (C=O) groups excluding carboxylic acids is 3. The van der Waals surface area contributed by atoms with Crippen molar-refractivity contribution < 1.29 is 102 Å². The highest BCUT2D eigenvalue weighted by atomic mass is 32.2. The molecule has 3 aliphatic rings. The molecule has 6 rings (SSSR count). The minimum Gasteiger partial charge on any atom is -0.420 e. The van der Waals surface area contributed by atoms with E-state index in [9.17, 15) is 40.7 Å². The summed E-state index contributed by atoms with van der Waals surface area (Å²) in [6.07, 6.45) is 8.70. The Morgan fingerprint density at radius 1 is 0.719 bits per heavy atom. The van der Waals surface area contributed by atoms with Crippen molar-refractivity contribution in [1.29, 1.82) is 0 Å². The number of hydrogen-bond donors (Lipinski definition) is 4. The van der Waals surface area contributed by atoms with Gasteiger partial charge in [0.25, 0.3) is 0 Å². The SMILES string of the molecule is C=S(=O)(O)c1c(F)c(F)c(OC(=O)CCOCCOCCOCCOCCOCCOCCOCCOCCOCCOCCC(=O)NCc2ccc(-c3ccc4c(c3)N=C(N)CC(C(=O)N(CCC)CCCNC3OC3OC3CCC3)=C4)cn2)c(F)c1F. The van der Waals surface area contributed by atoms with Gasteiger partial charge in [-0.25, -0.2) is 18.0 Å². The number of aliphatic imine (C=N–C) groups is 1. The number of nitrogens with zero attached hydrogens (tertiary/aromatic N) is 3. The van der Waals surface area contributed by atoms with Gasteiger partial charge in [-0.05, 0) is 68.3 Å². The van der Waals surface area contributed by atoms with Gasteiger partial charge in [0.05, 0.1) is 163 Å². The largest absolute Gasteiger partial charge is 0.420 e. The first-order valence-corrected chi connectivity index (χ1v) is 31.5. The number of amides is 2. The molecule has 496 valence electrons. The van der Waals surface area contributed by atoms with Crippen LogP contribution in [0.2, 0.25) is 0 Å². The van der Waals surface area contributed by atoms with Crippen molar-refractivity contribution in [3.63, 3.8) is 0 Å². The highest BCUT2D eigenvalue weighted by Crippen LogP contribution is 2.35. The molecular formula is C60H84F4N6O18S. The van der Waals surface area contributed by atoms with E-state index < -0.39 is 56.1 Å². The van der Waals surface area contributed by atoms with Crippen molar-refractivity contribution in [3.8, 4) is 16.9 Å². The average Bonchev–Trinajstić information content (AvgIpc) is 1.93. The van der Waals surface area contributed by atoms with Gasteiger partial charge in [-0.2, -0.15) is 8.78 Å². The standard InChI is InChI=1S/C60H84F4N6O18S/c1-3-15-70(16-5-14-66-58-60(88-58)86-47-6-4-7-47)59(73)45-37-43-9-8-42(38-48(43)69-49(65)39-45)44-10-11-46(67-40-44)41-68-50(71)12-17-76-19-21-78-23-25-80-27-29-82-31-33-84-35-36-85-34-32-83-30-28-81-26-24-79-22-20-77-18-13-51(72)87-56-52(61)54(63)57(89(2,74)75)55(64)53(56)62/h8-11,37-38,40,47,58,60,66H,2-7,12-36,39,41H2,1H3,(H2,65,69)(H,68,71)(H,74,75). The lowest BCUT2D eigenvalue weighted by molar-refractivity contribution is -0.136. The fraction of sp³-hybridized carbons (Fsp3) is 0.600. The number of amidine groups is 1. The van der Waals surface area contributed by atoms with E-state index in [1.54, 1.807) is 6.20 Å². The van der Waals surface area contributed by atoms with E-state index in [1.165, 1.54) is 6.42 Å². The Hall–Kier alpha value is -5.61. The van der Waals surface area contributed by atoms with E-state index in [2.05, 4.69) is 38.1 Å². The fourth-order valence-electron chi connectivity index (χ4n) is 8.56.